The number of rotatable bonds is 4. The molecule has 0 saturated carbocycles. The van der Waals surface area contributed by atoms with Gasteiger partial charge in [0.15, 0.2) is 0 Å². The number of hydrogen-bond donors (Lipinski definition) is 1. The minimum Gasteiger partial charge on any atom is -0.496 e. The predicted octanol–water partition coefficient (Wildman–Crippen LogP) is 2.32. The molecule has 0 aromatic heterocycles. The number of piperazine rings is 1. The zero-order chi connectivity index (χ0) is 17.9. The molecule has 1 aliphatic rings. The number of para-hydroxylation sites is 1. The van der Waals surface area contributed by atoms with Crippen molar-refractivity contribution in [2.24, 2.45) is 0 Å². The number of sulfonamides is 1. The highest BCUT2D eigenvalue weighted by atomic mass is 35.5. The van der Waals surface area contributed by atoms with Gasteiger partial charge in [0, 0.05) is 25.2 Å². The minimum absolute atomic E-state index is 0. The number of methoxy groups -OCH3 is 1. The number of ether oxygens (including phenoxy) is 1. The summed E-state index contributed by atoms with van der Waals surface area (Å²) in [6.45, 7) is 1.46. The molecule has 8 heteroatoms. The molecule has 0 spiro atoms. The predicted molar refractivity (Wildman–Crippen MR) is 101 cm³/mol. The molecule has 138 valence electrons. The van der Waals surface area contributed by atoms with E-state index < -0.39 is 10.0 Å². The Balaban J connectivity index is 0.00000243. The number of nitriles is 1. The Bertz CT molecular complexity index is 895. The molecule has 2 aromatic carbocycles. The van der Waals surface area contributed by atoms with Crippen LogP contribution in [0, 0.1) is 11.3 Å². The molecule has 0 aliphatic carbocycles. The van der Waals surface area contributed by atoms with E-state index in [2.05, 4.69) is 5.32 Å². The molecular weight excluding hydrogens is 374 g/mol. The molecule has 0 amide bonds. The highest BCUT2D eigenvalue weighted by Crippen LogP contribution is 2.33. The van der Waals surface area contributed by atoms with Crippen LogP contribution in [0.15, 0.2) is 53.4 Å². The highest BCUT2D eigenvalue weighted by molar-refractivity contribution is 7.89. The van der Waals surface area contributed by atoms with Gasteiger partial charge in [0.2, 0.25) is 10.0 Å². The average molecular weight is 394 g/mol. The van der Waals surface area contributed by atoms with Crippen molar-refractivity contribution in [2.75, 3.05) is 26.7 Å². The van der Waals surface area contributed by atoms with Gasteiger partial charge >= 0.3 is 0 Å². The fourth-order valence-corrected chi connectivity index (χ4v) is 4.62. The molecular formula is C18H20ClN3O3S. The summed E-state index contributed by atoms with van der Waals surface area (Å²) in [5, 5.41) is 12.1. The van der Waals surface area contributed by atoms with Gasteiger partial charge in [0.1, 0.15) is 5.75 Å². The largest absolute Gasteiger partial charge is 0.496 e. The molecule has 1 aliphatic heterocycles. The average Bonchev–Trinajstić information content (AvgIpc) is 2.68. The van der Waals surface area contributed by atoms with Gasteiger partial charge in [0.25, 0.3) is 0 Å². The van der Waals surface area contributed by atoms with Gasteiger partial charge in [-0.3, -0.25) is 0 Å². The Morgan fingerprint density at radius 1 is 1.19 bits per heavy atom. The summed E-state index contributed by atoms with van der Waals surface area (Å²) in [5.41, 5.74) is 1.26. The lowest BCUT2D eigenvalue weighted by molar-refractivity contribution is 0.264. The minimum atomic E-state index is -3.68. The molecule has 3 rings (SSSR count). The van der Waals surface area contributed by atoms with Gasteiger partial charge in [0.05, 0.1) is 29.7 Å². The zero-order valence-corrected chi connectivity index (χ0v) is 15.9. The molecule has 1 atom stereocenters. The lowest BCUT2D eigenvalue weighted by Crippen LogP contribution is -2.48. The number of halogens is 1. The van der Waals surface area contributed by atoms with E-state index in [1.54, 1.807) is 7.11 Å². The van der Waals surface area contributed by atoms with E-state index in [0.717, 1.165) is 5.56 Å². The van der Waals surface area contributed by atoms with E-state index in [1.165, 1.54) is 28.6 Å². The van der Waals surface area contributed by atoms with Crippen molar-refractivity contribution in [1.29, 1.82) is 5.26 Å². The first-order valence-electron chi connectivity index (χ1n) is 7.93. The second kappa shape index (κ2) is 8.52. The molecule has 2 aromatic rings. The Morgan fingerprint density at radius 2 is 1.88 bits per heavy atom. The zero-order valence-electron chi connectivity index (χ0n) is 14.3. The number of nitrogens with one attached hydrogen (secondary N) is 1. The van der Waals surface area contributed by atoms with Crippen LogP contribution in [0.2, 0.25) is 0 Å². The van der Waals surface area contributed by atoms with Crippen LogP contribution in [0.4, 0.5) is 0 Å². The monoisotopic (exact) mass is 393 g/mol. The standard InChI is InChI=1S/C18H19N3O3S.ClH/c1-24-18-5-3-2-4-16(18)17-13-20-10-11-21(17)25(22,23)15-8-6-14(12-19)7-9-15;/h2-9,17,20H,10-11,13H2,1H3;1H. The third kappa shape index (κ3) is 3.84. The maximum Gasteiger partial charge on any atom is 0.243 e. The topological polar surface area (TPSA) is 82.4 Å². The first kappa shape index (κ1) is 20.2. The number of nitrogens with zero attached hydrogens (tertiary/aromatic N) is 2. The van der Waals surface area contributed by atoms with E-state index >= 15 is 0 Å². The summed E-state index contributed by atoms with van der Waals surface area (Å²) in [6.07, 6.45) is 0. The Kier molecular flexibility index (Phi) is 6.62. The van der Waals surface area contributed by atoms with Gasteiger partial charge in [-0.1, -0.05) is 18.2 Å². The first-order valence-corrected chi connectivity index (χ1v) is 9.37. The van der Waals surface area contributed by atoms with Crippen LogP contribution in [0.5, 0.6) is 5.75 Å². The van der Waals surface area contributed by atoms with Gasteiger partial charge in [-0.25, -0.2) is 8.42 Å². The lowest BCUT2D eigenvalue weighted by Gasteiger charge is -2.36. The first-order chi connectivity index (χ1) is 12.1. The molecule has 26 heavy (non-hydrogen) atoms. The highest BCUT2D eigenvalue weighted by Gasteiger charge is 2.35. The van der Waals surface area contributed by atoms with E-state index in [9.17, 15) is 8.42 Å². The second-order valence-electron chi connectivity index (χ2n) is 5.71. The number of hydrogen-bond acceptors (Lipinski definition) is 5. The van der Waals surface area contributed by atoms with Gasteiger partial charge in [-0.2, -0.15) is 9.57 Å². The van der Waals surface area contributed by atoms with Crippen LogP contribution >= 0.6 is 12.4 Å². The summed E-state index contributed by atoms with van der Waals surface area (Å²) >= 11 is 0. The Hall–Kier alpha value is -2.11. The molecule has 1 saturated heterocycles. The van der Waals surface area contributed by atoms with Crippen molar-refractivity contribution in [3.63, 3.8) is 0 Å². The van der Waals surface area contributed by atoms with Crippen LogP contribution in [-0.2, 0) is 10.0 Å². The second-order valence-corrected chi connectivity index (χ2v) is 7.60. The van der Waals surface area contributed by atoms with Crippen LogP contribution in [0.3, 0.4) is 0 Å². The third-order valence-corrected chi connectivity index (χ3v) is 6.20. The molecule has 0 bridgehead atoms. The van der Waals surface area contributed by atoms with Crippen molar-refractivity contribution in [3.05, 3.63) is 59.7 Å². The lowest BCUT2D eigenvalue weighted by atomic mass is 10.0. The van der Waals surface area contributed by atoms with Crippen molar-refractivity contribution in [2.45, 2.75) is 10.9 Å². The van der Waals surface area contributed by atoms with Crippen LogP contribution in [-0.4, -0.2) is 39.5 Å². The van der Waals surface area contributed by atoms with E-state index in [4.69, 9.17) is 10.00 Å². The summed E-state index contributed by atoms with van der Waals surface area (Å²) in [4.78, 5) is 0.188. The van der Waals surface area contributed by atoms with Crippen molar-refractivity contribution >= 4 is 22.4 Å². The normalized spacial score (nSPS) is 17.8. The van der Waals surface area contributed by atoms with Gasteiger partial charge in [-0.05, 0) is 30.3 Å². The smallest absolute Gasteiger partial charge is 0.243 e. The van der Waals surface area contributed by atoms with E-state index in [1.807, 2.05) is 30.3 Å². The fourth-order valence-electron chi connectivity index (χ4n) is 3.02. The fraction of sp³-hybridized carbons (Fsp3) is 0.278. The Morgan fingerprint density at radius 3 is 2.54 bits per heavy atom. The summed E-state index contributed by atoms with van der Waals surface area (Å²) in [6, 6.07) is 15.1. The molecule has 0 radical (unpaired) electrons. The number of benzene rings is 2. The molecule has 1 unspecified atom stereocenters. The molecule has 1 fully saturated rings. The summed E-state index contributed by atoms with van der Waals surface area (Å²) in [5.74, 6) is 0.663. The van der Waals surface area contributed by atoms with E-state index in [-0.39, 0.29) is 23.3 Å². The molecule has 1 heterocycles. The van der Waals surface area contributed by atoms with Crippen molar-refractivity contribution in [3.8, 4) is 11.8 Å². The quantitative estimate of drug-likeness (QED) is 0.861. The van der Waals surface area contributed by atoms with Crippen LogP contribution in [0.25, 0.3) is 0 Å². The maximum atomic E-state index is 13.1. The van der Waals surface area contributed by atoms with E-state index in [0.29, 0.717) is 30.9 Å². The third-order valence-electron chi connectivity index (χ3n) is 4.28. The maximum absolute atomic E-state index is 13.1. The van der Waals surface area contributed by atoms with Gasteiger partial charge in [-0.15, -0.1) is 12.4 Å². The molecule has 1 N–H and O–H groups in total. The SMILES string of the molecule is COc1ccccc1C1CNCCN1S(=O)(=O)c1ccc(C#N)cc1.Cl. The molecule has 6 nitrogen and oxygen atoms in total. The van der Waals surface area contributed by atoms with Crippen LogP contribution < -0.4 is 10.1 Å². The summed E-state index contributed by atoms with van der Waals surface area (Å²) in [7, 11) is -2.10. The van der Waals surface area contributed by atoms with Crippen LogP contribution in [0.1, 0.15) is 17.2 Å². The Labute approximate surface area is 159 Å². The van der Waals surface area contributed by atoms with Gasteiger partial charge < -0.3 is 10.1 Å². The van der Waals surface area contributed by atoms with Crippen molar-refractivity contribution < 1.29 is 13.2 Å². The summed E-state index contributed by atoms with van der Waals surface area (Å²) < 4.78 is 33.2. The van der Waals surface area contributed by atoms with Crippen molar-refractivity contribution in [1.82, 2.24) is 9.62 Å².